The minimum absolute atomic E-state index is 0.706. The zero-order valence-electron chi connectivity index (χ0n) is 14.6. The summed E-state index contributed by atoms with van der Waals surface area (Å²) in [4.78, 5) is 8.88. The van der Waals surface area contributed by atoms with Crippen LogP contribution in [0.15, 0.2) is 65.8 Å². The molecule has 0 saturated carbocycles. The molecule has 1 N–H and O–H groups in total. The maximum atomic E-state index is 4.49. The fourth-order valence-electron chi connectivity index (χ4n) is 2.54. The van der Waals surface area contributed by atoms with E-state index in [1.807, 2.05) is 49.5 Å². The summed E-state index contributed by atoms with van der Waals surface area (Å²) in [5.74, 6) is 1.43. The van der Waals surface area contributed by atoms with Crippen molar-refractivity contribution in [3.8, 4) is 11.3 Å². The molecule has 4 heteroatoms. The van der Waals surface area contributed by atoms with Crippen molar-refractivity contribution in [2.45, 2.75) is 26.7 Å². The SMILES string of the molecule is Cc1ccc(CCC=NNc2cc(-c3ccccc3)nc(C)n2)cc1. The molecule has 0 aliphatic heterocycles. The van der Waals surface area contributed by atoms with E-state index < -0.39 is 0 Å². The van der Waals surface area contributed by atoms with Crippen molar-refractivity contribution in [1.29, 1.82) is 0 Å². The normalized spacial score (nSPS) is 11.0. The van der Waals surface area contributed by atoms with Crippen LogP contribution in [0.5, 0.6) is 0 Å². The summed E-state index contributed by atoms with van der Waals surface area (Å²) in [6, 6.07) is 20.6. The molecule has 3 rings (SSSR count). The van der Waals surface area contributed by atoms with Gasteiger partial charge in [0.2, 0.25) is 0 Å². The van der Waals surface area contributed by atoms with Crippen LogP contribution in [0.4, 0.5) is 5.82 Å². The van der Waals surface area contributed by atoms with Gasteiger partial charge in [0.25, 0.3) is 0 Å². The molecule has 0 amide bonds. The van der Waals surface area contributed by atoms with E-state index in [1.54, 1.807) is 0 Å². The lowest BCUT2D eigenvalue weighted by atomic mass is 10.1. The van der Waals surface area contributed by atoms with Gasteiger partial charge in [0, 0.05) is 17.8 Å². The first-order valence-electron chi connectivity index (χ1n) is 8.45. The van der Waals surface area contributed by atoms with Gasteiger partial charge in [0.15, 0.2) is 0 Å². The van der Waals surface area contributed by atoms with Crippen molar-refractivity contribution in [3.63, 3.8) is 0 Å². The molecule has 126 valence electrons. The van der Waals surface area contributed by atoms with E-state index in [0.717, 1.165) is 29.9 Å². The zero-order chi connectivity index (χ0) is 17.5. The minimum atomic E-state index is 0.706. The van der Waals surface area contributed by atoms with Gasteiger partial charge in [0.1, 0.15) is 11.6 Å². The van der Waals surface area contributed by atoms with E-state index in [4.69, 9.17) is 0 Å². The molecule has 0 spiro atoms. The van der Waals surface area contributed by atoms with Gasteiger partial charge in [-0.15, -0.1) is 0 Å². The number of hydrazone groups is 1. The maximum Gasteiger partial charge on any atom is 0.150 e. The molecule has 0 radical (unpaired) electrons. The molecule has 3 aromatic rings. The predicted molar refractivity (Wildman–Crippen MR) is 104 cm³/mol. The fraction of sp³-hybridized carbons (Fsp3) is 0.190. The standard InChI is InChI=1S/C21H22N4/c1-16-10-12-18(13-11-16)7-6-14-22-25-21-15-20(23-17(2)24-21)19-8-4-3-5-9-19/h3-5,8-15H,6-7H2,1-2H3,(H,23,24,25). The number of benzene rings is 2. The molecule has 0 bridgehead atoms. The molecule has 0 saturated heterocycles. The smallest absolute Gasteiger partial charge is 0.150 e. The molecule has 4 nitrogen and oxygen atoms in total. The Morgan fingerprint density at radius 2 is 1.72 bits per heavy atom. The highest BCUT2D eigenvalue weighted by molar-refractivity contribution is 5.63. The molecule has 0 aliphatic carbocycles. The second-order valence-corrected chi connectivity index (χ2v) is 6.00. The number of nitrogens with one attached hydrogen (secondary N) is 1. The Morgan fingerprint density at radius 1 is 0.960 bits per heavy atom. The first-order valence-corrected chi connectivity index (χ1v) is 8.45. The number of rotatable bonds is 6. The van der Waals surface area contributed by atoms with E-state index in [0.29, 0.717) is 5.82 Å². The second-order valence-electron chi connectivity index (χ2n) is 6.00. The van der Waals surface area contributed by atoms with Gasteiger partial charge in [-0.1, -0.05) is 60.2 Å². The molecule has 0 atom stereocenters. The van der Waals surface area contributed by atoms with E-state index in [-0.39, 0.29) is 0 Å². The first-order chi connectivity index (χ1) is 12.2. The average molecular weight is 330 g/mol. The Labute approximate surface area is 148 Å². The van der Waals surface area contributed by atoms with E-state index in [1.165, 1.54) is 11.1 Å². The maximum absolute atomic E-state index is 4.49. The van der Waals surface area contributed by atoms with E-state index in [2.05, 4.69) is 51.7 Å². The molecule has 0 fully saturated rings. The minimum Gasteiger partial charge on any atom is -0.262 e. The molecule has 0 unspecified atom stereocenters. The zero-order valence-corrected chi connectivity index (χ0v) is 14.6. The van der Waals surface area contributed by atoms with Gasteiger partial charge in [-0.05, 0) is 32.3 Å². The first kappa shape index (κ1) is 16.8. The number of hydrogen-bond donors (Lipinski definition) is 1. The van der Waals surface area contributed by atoms with Crippen LogP contribution in [0.25, 0.3) is 11.3 Å². The van der Waals surface area contributed by atoms with Crippen LogP contribution in [0.3, 0.4) is 0 Å². The highest BCUT2D eigenvalue weighted by atomic mass is 15.3. The number of aromatic nitrogens is 2. The third-order valence-corrected chi connectivity index (χ3v) is 3.86. The summed E-state index contributed by atoms with van der Waals surface area (Å²) in [5.41, 5.74) is 7.58. The molecule has 1 heterocycles. The van der Waals surface area contributed by atoms with Crippen LogP contribution in [0.2, 0.25) is 0 Å². The van der Waals surface area contributed by atoms with Crippen LogP contribution in [-0.2, 0) is 6.42 Å². The van der Waals surface area contributed by atoms with Crippen LogP contribution in [0.1, 0.15) is 23.4 Å². The van der Waals surface area contributed by atoms with Gasteiger partial charge < -0.3 is 0 Å². The van der Waals surface area contributed by atoms with Gasteiger partial charge in [-0.3, -0.25) is 5.43 Å². The van der Waals surface area contributed by atoms with Crippen molar-refractivity contribution in [3.05, 3.63) is 77.6 Å². The van der Waals surface area contributed by atoms with Crippen LogP contribution >= 0.6 is 0 Å². The Kier molecular flexibility index (Phi) is 5.52. The number of aryl methyl sites for hydroxylation is 3. The van der Waals surface area contributed by atoms with Gasteiger partial charge in [0.05, 0.1) is 5.69 Å². The third-order valence-electron chi connectivity index (χ3n) is 3.86. The Bertz CT molecular complexity index is 840. The summed E-state index contributed by atoms with van der Waals surface area (Å²) in [6.45, 7) is 3.99. The monoisotopic (exact) mass is 330 g/mol. The highest BCUT2D eigenvalue weighted by Crippen LogP contribution is 2.19. The summed E-state index contributed by atoms with van der Waals surface area (Å²) in [5, 5.41) is 4.28. The lowest BCUT2D eigenvalue weighted by Crippen LogP contribution is -1.99. The molecule has 2 aromatic carbocycles. The van der Waals surface area contributed by atoms with E-state index in [9.17, 15) is 0 Å². The Balaban J connectivity index is 1.59. The van der Waals surface area contributed by atoms with Crippen LogP contribution in [-0.4, -0.2) is 16.2 Å². The topological polar surface area (TPSA) is 50.2 Å². The second kappa shape index (κ2) is 8.20. The Morgan fingerprint density at radius 3 is 2.48 bits per heavy atom. The number of nitrogens with zero attached hydrogens (tertiary/aromatic N) is 3. The molecule has 1 aromatic heterocycles. The molecule has 25 heavy (non-hydrogen) atoms. The fourth-order valence-corrected chi connectivity index (χ4v) is 2.54. The summed E-state index contributed by atoms with van der Waals surface area (Å²) in [7, 11) is 0. The predicted octanol–water partition coefficient (Wildman–Crippen LogP) is 4.79. The Hall–Kier alpha value is -3.01. The van der Waals surface area contributed by atoms with Crippen molar-refractivity contribution >= 4 is 12.0 Å². The van der Waals surface area contributed by atoms with Crippen molar-refractivity contribution < 1.29 is 0 Å². The lowest BCUT2D eigenvalue weighted by molar-refractivity contribution is 1.03. The third kappa shape index (κ3) is 4.98. The summed E-state index contributed by atoms with van der Waals surface area (Å²) < 4.78 is 0. The number of anilines is 1. The van der Waals surface area contributed by atoms with Crippen molar-refractivity contribution in [1.82, 2.24) is 9.97 Å². The molecule has 0 aliphatic rings. The van der Waals surface area contributed by atoms with Crippen molar-refractivity contribution in [2.24, 2.45) is 5.10 Å². The summed E-state index contributed by atoms with van der Waals surface area (Å²) in [6.07, 6.45) is 3.74. The molecular weight excluding hydrogens is 308 g/mol. The quantitative estimate of drug-likeness (QED) is 0.522. The highest BCUT2D eigenvalue weighted by Gasteiger charge is 2.03. The lowest BCUT2D eigenvalue weighted by Gasteiger charge is -2.05. The molecular formula is C21H22N4. The van der Waals surface area contributed by atoms with Gasteiger partial charge in [-0.25, -0.2) is 9.97 Å². The van der Waals surface area contributed by atoms with E-state index >= 15 is 0 Å². The largest absolute Gasteiger partial charge is 0.262 e. The van der Waals surface area contributed by atoms with Crippen LogP contribution < -0.4 is 5.43 Å². The van der Waals surface area contributed by atoms with Crippen molar-refractivity contribution in [2.75, 3.05) is 5.43 Å². The number of hydrogen-bond acceptors (Lipinski definition) is 4. The van der Waals surface area contributed by atoms with Gasteiger partial charge >= 0.3 is 0 Å². The summed E-state index contributed by atoms with van der Waals surface area (Å²) >= 11 is 0. The van der Waals surface area contributed by atoms with Gasteiger partial charge in [-0.2, -0.15) is 5.10 Å². The average Bonchev–Trinajstić information content (AvgIpc) is 2.63. The van der Waals surface area contributed by atoms with Crippen LogP contribution in [0, 0.1) is 13.8 Å².